The number of aryl methyl sites for hydroxylation is 3. The van der Waals surface area contributed by atoms with E-state index < -0.39 is 0 Å². The van der Waals surface area contributed by atoms with E-state index >= 15 is 0 Å². The lowest BCUT2D eigenvalue weighted by Gasteiger charge is -2.17. The predicted octanol–water partition coefficient (Wildman–Crippen LogP) is 4.25. The molecule has 0 aliphatic heterocycles. The van der Waals surface area contributed by atoms with Gasteiger partial charge in [-0.15, -0.1) is 0 Å². The average Bonchev–Trinajstić information content (AvgIpc) is 2.64. The van der Waals surface area contributed by atoms with E-state index in [0.29, 0.717) is 6.42 Å². The molecule has 1 unspecified atom stereocenters. The highest BCUT2D eigenvalue weighted by Crippen LogP contribution is 2.21. The number of hydrogen-bond donors (Lipinski definition) is 3. The van der Waals surface area contributed by atoms with Gasteiger partial charge in [-0.25, -0.2) is 0 Å². The fraction of sp³-hybridized carbons (Fsp3) is 0.364. The number of rotatable bonds is 7. The molecule has 27 heavy (non-hydrogen) atoms. The first-order valence-corrected chi connectivity index (χ1v) is 9.31. The van der Waals surface area contributed by atoms with Gasteiger partial charge in [0.25, 0.3) is 0 Å². The summed E-state index contributed by atoms with van der Waals surface area (Å²) >= 11 is 0. The Labute approximate surface area is 161 Å². The van der Waals surface area contributed by atoms with Gasteiger partial charge >= 0.3 is 0 Å². The van der Waals surface area contributed by atoms with Gasteiger partial charge in [-0.3, -0.25) is 9.59 Å². The van der Waals surface area contributed by atoms with Gasteiger partial charge in [-0.05, 0) is 62.1 Å². The van der Waals surface area contributed by atoms with Crippen molar-refractivity contribution >= 4 is 23.2 Å². The van der Waals surface area contributed by atoms with Gasteiger partial charge < -0.3 is 16.0 Å². The lowest BCUT2D eigenvalue weighted by atomic mass is 10.0. The maximum Gasteiger partial charge on any atom is 0.239 e. The number of amides is 2. The summed E-state index contributed by atoms with van der Waals surface area (Å²) in [5, 5.41) is 9.01. The molecule has 2 rings (SSSR count). The molecule has 5 nitrogen and oxygen atoms in total. The van der Waals surface area contributed by atoms with Gasteiger partial charge in [0.15, 0.2) is 0 Å². The molecule has 0 bridgehead atoms. The average molecular weight is 367 g/mol. The summed E-state index contributed by atoms with van der Waals surface area (Å²) in [6.07, 6.45) is 0.426. The van der Waals surface area contributed by atoms with Crippen LogP contribution in [0.4, 0.5) is 11.4 Å². The Morgan fingerprint density at radius 1 is 0.926 bits per heavy atom. The van der Waals surface area contributed by atoms with Gasteiger partial charge in [0.2, 0.25) is 11.8 Å². The Bertz CT molecular complexity index is 830. The molecule has 0 aromatic heterocycles. The standard InChI is InChI=1S/C22H29N3O2/c1-6-21(26)25-19-10-8-15(3)20(12-19)23-13-22(27)24-17(5)18-9-7-14(2)16(4)11-18/h7-12,17,23H,6,13H2,1-5H3,(H,24,27)(H,25,26). The molecular weight excluding hydrogens is 338 g/mol. The van der Waals surface area contributed by atoms with E-state index in [1.165, 1.54) is 11.1 Å². The van der Waals surface area contributed by atoms with Crippen LogP contribution in [0.15, 0.2) is 36.4 Å². The minimum atomic E-state index is -0.0804. The first-order valence-electron chi connectivity index (χ1n) is 9.31. The van der Waals surface area contributed by atoms with Crippen molar-refractivity contribution in [2.24, 2.45) is 0 Å². The first kappa shape index (κ1) is 20.5. The van der Waals surface area contributed by atoms with Crippen LogP contribution in [-0.4, -0.2) is 18.4 Å². The summed E-state index contributed by atoms with van der Waals surface area (Å²) in [4.78, 5) is 23.9. The van der Waals surface area contributed by atoms with E-state index in [1.54, 1.807) is 0 Å². The lowest BCUT2D eigenvalue weighted by Crippen LogP contribution is -2.32. The smallest absolute Gasteiger partial charge is 0.239 e. The number of nitrogens with one attached hydrogen (secondary N) is 3. The van der Waals surface area contributed by atoms with Gasteiger partial charge in [-0.1, -0.05) is 31.2 Å². The SMILES string of the molecule is CCC(=O)Nc1ccc(C)c(NCC(=O)NC(C)c2ccc(C)c(C)c2)c1. The highest BCUT2D eigenvalue weighted by molar-refractivity contribution is 5.91. The van der Waals surface area contributed by atoms with E-state index in [4.69, 9.17) is 0 Å². The van der Waals surface area contributed by atoms with Crippen LogP contribution in [0.5, 0.6) is 0 Å². The number of carbonyl (C=O) groups is 2. The largest absolute Gasteiger partial charge is 0.376 e. The van der Waals surface area contributed by atoms with Crippen molar-refractivity contribution in [1.29, 1.82) is 0 Å². The monoisotopic (exact) mass is 367 g/mol. The molecule has 0 saturated carbocycles. The molecule has 2 aromatic rings. The van der Waals surface area contributed by atoms with Crippen molar-refractivity contribution in [2.45, 2.75) is 47.1 Å². The molecule has 1 atom stereocenters. The second-order valence-electron chi connectivity index (χ2n) is 6.92. The van der Waals surface area contributed by atoms with Crippen LogP contribution in [0.3, 0.4) is 0 Å². The summed E-state index contributed by atoms with van der Waals surface area (Å²) < 4.78 is 0. The predicted molar refractivity (Wildman–Crippen MR) is 111 cm³/mol. The third-order valence-electron chi connectivity index (χ3n) is 4.69. The fourth-order valence-electron chi connectivity index (χ4n) is 2.72. The van der Waals surface area contributed by atoms with Crippen molar-refractivity contribution in [3.8, 4) is 0 Å². The lowest BCUT2D eigenvalue weighted by molar-refractivity contribution is -0.120. The molecule has 0 heterocycles. The van der Waals surface area contributed by atoms with Gasteiger partial charge in [0.1, 0.15) is 0 Å². The summed E-state index contributed by atoms with van der Waals surface area (Å²) in [6.45, 7) is 10.1. The molecule has 0 radical (unpaired) electrons. The van der Waals surface area contributed by atoms with E-state index in [0.717, 1.165) is 22.5 Å². The van der Waals surface area contributed by atoms with Crippen molar-refractivity contribution in [2.75, 3.05) is 17.2 Å². The topological polar surface area (TPSA) is 70.2 Å². The van der Waals surface area contributed by atoms with Gasteiger partial charge in [0, 0.05) is 17.8 Å². The zero-order valence-electron chi connectivity index (χ0n) is 16.8. The van der Waals surface area contributed by atoms with Crippen LogP contribution in [-0.2, 0) is 9.59 Å². The molecule has 144 valence electrons. The zero-order valence-corrected chi connectivity index (χ0v) is 16.8. The second kappa shape index (κ2) is 9.21. The van der Waals surface area contributed by atoms with Crippen LogP contribution >= 0.6 is 0 Å². The third-order valence-corrected chi connectivity index (χ3v) is 4.69. The van der Waals surface area contributed by atoms with Crippen LogP contribution in [0.2, 0.25) is 0 Å². The Kier molecular flexibility index (Phi) is 6.99. The van der Waals surface area contributed by atoms with E-state index in [1.807, 2.05) is 45.0 Å². The van der Waals surface area contributed by atoms with Gasteiger partial charge in [0.05, 0.1) is 12.6 Å². The minimum absolute atomic E-state index is 0.0373. The number of hydrogen-bond acceptors (Lipinski definition) is 3. The molecule has 3 N–H and O–H groups in total. The van der Waals surface area contributed by atoms with Crippen LogP contribution in [0.1, 0.15) is 48.6 Å². The molecule has 5 heteroatoms. The summed E-state index contributed by atoms with van der Waals surface area (Å²) in [7, 11) is 0. The molecule has 0 aliphatic rings. The van der Waals surface area contributed by atoms with Crippen molar-refractivity contribution in [1.82, 2.24) is 5.32 Å². The Morgan fingerprint density at radius 2 is 1.63 bits per heavy atom. The first-order chi connectivity index (χ1) is 12.8. The summed E-state index contributed by atoms with van der Waals surface area (Å²) in [6, 6.07) is 11.8. The van der Waals surface area contributed by atoms with Crippen molar-refractivity contribution < 1.29 is 9.59 Å². The fourth-order valence-corrected chi connectivity index (χ4v) is 2.72. The molecule has 0 fully saturated rings. The van der Waals surface area contributed by atoms with Crippen molar-refractivity contribution in [3.63, 3.8) is 0 Å². The quantitative estimate of drug-likeness (QED) is 0.685. The summed E-state index contributed by atoms with van der Waals surface area (Å²) in [5.74, 6) is -0.118. The van der Waals surface area contributed by atoms with Crippen LogP contribution < -0.4 is 16.0 Å². The Morgan fingerprint density at radius 3 is 2.30 bits per heavy atom. The molecular formula is C22H29N3O2. The van der Waals surface area contributed by atoms with Crippen LogP contribution in [0, 0.1) is 20.8 Å². The van der Waals surface area contributed by atoms with Crippen LogP contribution in [0.25, 0.3) is 0 Å². The maximum absolute atomic E-state index is 12.3. The van der Waals surface area contributed by atoms with E-state index in [2.05, 4.69) is 41.9 Å². The zero-order chi connectivity index (χ0) is 20.0. The number of carbonyl (C=O) groups excluding carboxylic acids is 2. The Hall–Kier alpha value is -2.82. The molecule has 2 amide bonds. The second-order valence-corrected chi connectivity index (χ2v) is 6.92. The van der Waals surface area contributed by atoms with Gasteiger partial charge in [-0.2, -0.15) is 0 Å². The number of benzene rings is 2. The number of anilines is 2. The van der Waals surface area contributed by atoms with E-state index in [9.17, 15) is 9.59 Å². The highest BCUT2D eigenvalue weighted by atomic mass is 16.2. The molecule has 0 spiro atoms. The Balaban J connectivity index is 1.95. The molecule has 0 aliphatic carbocycles. The van der Waals surface area contributed by atoms with E-state index in [-0.39, 0.29) is 24.4 Å². The summed E-state index contributed by atoms with van der Waals surface area (Å²) in [5.41, 5.74) is 6.11. The highest BCUT2D eigenvalue weighted by Gasteiger charge is 2.11. The molecule has 0 saturated heterocycles. The normalized spacial score (nSPS) is 11.6. The van der Waals surface area contributed by atoms with Crippen molar-refractivity contribution in [3.05, 3.63) is 58.7 Å². The third kappa shape index (κ3) is 5.84. The maximum atomic E-state index is 12.3. The minimum Gasteiger partial charge on any atom is -0.376 e. The molecule has 2 aromatic carbocycles.